The van der Waals surface area contributed by atoms with Crippen molar-refractivity contribution < 1.29 is 22.7 Å². The summed E-state index contributed by atoms with van der Waals surface area (Å²) in [5.41, 5.74) is 0.0715. The smallest absolute Gasteiger partial charge is 0.317 e. The van der Waals surface area contributed by atoms with Gasteiger partial charge in [0.05, 0.1) is 11.7 Å². The minimum Gasteiger partial charge on any atom is -0.455 e. The van der Waals surface area contributed by atoms with Gasteiger partial charge in [-0.1, -0.05) is 43.0 Å². The number of carbonyl (C=O) groups excluding carboxylic acids is 2. The van der Waals surface area contributed by atoms with Crippen LogP contribution in [0.3, 0.4) is 0 Å². The summed E-state index contributed by atoms with van der Waals surface area (Å²) in [6.45, 7) is 0.766. The highest BCUT2D eigenvalue weighted by molar-refractivity contribution is 7.88. The van der Waals surface area contributed by atoms with Gasteiger partial charge in [-0.2, -0.15) is 4.31 Å². The molecule has 0 bridgehead atoms. The first-order valence-electron chi connectivity index (χ1n) is 9.88. The molecule has 29 heavy (non-hydrogen) atoms. The molecule has 1 amide bonds. The van der Waals surface area contributed by atoms with E-state index in [2.05, 4.69) is 0 Å². The van der Waals surface area contributed by atoms with Crippen LogP contribution in [0.2, 0.25) is 5.02 Å². The van der Waals surface area contributed by atoms with Gasteiger partial charge >= 0.3 is 5.97 Å². The zero-order chi connectivity index (χ0) is 21.1. The van der Waals surface area contributed by atoms with Crippen LogP contribution in [-0.4, -0.2) is 68.5 Å². The second-order valence-electron chi connectivity index (χ2n) is 7.77. The molecule has 1 aliphatic heterocycles. The van der Waals surface area contributed by atoms with Gasteiger partial charge in [-0.05, 0) is 30.5 Å². The molecule has 1 aromatic carbocycles. The van der Waals surface area contributed by atoms with Crippen molar-refractivity contribution in [3.05, 3.63) is 34.9 Å². The Kier molecular flexibility index (Phi) is 6.86. The molecule has 2 fully saturated rings. The molecule has 0 unspecified atom stereocenters. The standard InChI is InChI=1S/C20H27ClN2O5S/c1-29(26,27)23-12-10-22(11-13-23)18(24)15-28-19(25)20(8-3-2-4-9-20)16-6-5-7-17(21)14-16/h5-7,14H,2-4,8-13,15H2,1H3. The number of amides is 1. The molecular formula is C20H27ClN2O5S. The molecule has 2 aliphatic rings. The fourth-order valence-electron chi connectivity index (χ4n) is 4.18. The van der Waals surface area contributed by atoms with Gasteiger partial charge < -0.3 is 9.64 Å². The van der Waals surface area contributed by atoms with E-state index in [0.29, 0.717) is 31.0 Å². The number of benzene rings is 1. The Hall–Kier alpha value is -1.64. The number of ether oxygens (including phenoxy) is 1. The predicted octanol–water partition coefficient (Wildman–Crippen LogP) is 2.19. The molecule has 0 N–H and O–H groups in total. The fraction of sp³-hybridized carbons (Fsp3) is 0.600. The topological polar surface area (TPSA) is 84.0 Å². The monoisotopic (exact) mass is 442 g/mol. The Morgan fingerprint density at radius 2 is 1.76 bits per heavy atom. The van der Waals surface area contributed by atoms with E-state index in [9.17, 15) is 18.0 Å². The van der Waals surface area contributed by atoms with Crippen LogP contribution in [0.4, 0.5) is 0 Å². The Bertz CT molecular complexity index is 859. The number of sulfonamides is 1. The SMILES string of the molecule is CS(=O)(=O)N1CCN(C(=O)COC(=O)C2(c3cccc(Cl)c3)CCCCC2)CC1. The maximum absolute atomic E-state index is 13.1. The summed E-state index contributed by atoms with van der Waals surface area (Å²) >= 11 is 6.14. The highest BCUT2D eigenvalue weighted by Gasteiger charge is 2.43. The van der Waals surface area contributed by atoms with E-state index in [-0.39, 0.29) is 31.6 Å². The lowest BCUT2D eigenvalue weighted by atomic mass is 9.69. The number of nitrogens with zero attached hydrogens (tertiary/aromatic N) is 2. The van der Waals surface area contributed by atoms with Gasteiger partial charge in [0.2, 0.25) is 10.0 Å². The molecular weight excluding hydrogens is 416 g/mol. The largest absolute Gasteiger partial charge is 0.455 e. The molecule has 1 aliphatic carbocycles. The molecule has 0 aromatic heterocycles. The van der Waals surface area contributed by atoms with Gasteiger partial charge in [-0.3, -0.25) is 9.59 Å². The van der Waals surface area contributed by atoms with Crippen LogP contribution < -0.4 is 0 Å². The first kappa shape index (κ1) is 22.1. The first-order chi connectivity index (χ1) is 13.7. The van der Waals surface area contributed by atoms with Crippen molar-refractivity contribution in [2.24, 2.45) is 0 Å². The Balaban J connectivity index is 1.63. The van der Waals surface area contributed by atoms with Crippen LogP contribution in [0, 0.1) is 0 Å². The van der Waals surface area contributed by atoms with Crippen LogP contribution >= 0.6 is 11.6 Å². The average molecular weight is 443 g/mol. The second kappa shape index (κ2) is 9.02. The summed E-state index contributed by atoms with van der Waals surface area (Å²) < 4.78 is 30.0. The van der Waals surface area contributed by atoms with Crippen LogP contribution in [0.5, 0.6) is 0 Å². The van der Waals surface area contributed by atoms with Gasteiger partial charge in [0, 0.05) is 31.2 Å². The molecule has 0 radical (unpaired) electrons. The number of esters is 1. The van der Waals surface area contributed by atoms with E-state index in [1.807, 2.05) is 12.1 Å². The number of carbonyl (C=O) groups is 2. The first-order valence-corrected chi connectivity index (χ1v) is 12.1. The maximum atomic E-state index is 13.1. The van der Waals surface area contributed by atoms with Gasteiger partial charge in [-0.15, -0.1) is 0 Å². The number of hydrogen-bond acceptors (Lipinski definition) is 5. The Labute approximate surface area is 177 Å². The Morgan fingerprint density at radius 3 is 2.34 bits per heavy atom. The van der Waals surface area contributed by atoms with Crippen molar-refractivity contribution in [3.8, 4) is 0 Å². The van der Waals surface area contributed by atoms with Crippen molar-refractivity contribution in [2.75, 3.05) is 39.0 Å². The lowest BCUT2D eigenvalue weighted by Crippen LogP contribution is -2.51. The third-order valence-corrected chi connectivity index (χ3v) is 7.40. The van der Waals surface area contributed by atoms with Crippen LogP contribution in [-0.2, 0) is 29.8 Å². The highest BCUT2D eigenvalue weighted by Crippen LogP contribution is 2.41. The average Bonchev–Trinajstić information content (AvgIpc) is 2.71. The number of hydrogen-bond donors (Lipinski definition) is 0. The van der Waals surface area contributed by atoms with E-state index >= 15 is 0 Å². The molecule has 1 aromatic rings. The third-order valence-electron chi connectivity index (χ3n) is 5.86. The summed E-state index contributed by atoms with van der Waals surface area (Å²) in [7, 11) is -3.26. The summed E-state index contributed by atoms with van der Waals surface area (Å²) in [6, 6.07) is 7.30. The summed E-state index contributed by atoms with van der Waals surface area (Å²) in [4.78, 5) is 27.1. The fourth-order valence-corrected chi connectivity index (χ4v) is 5.19. The van der Waals surface area contributed by atoms with Crippen LogP contribution in [0.25, 0.3) is 0 Å². The molecule has 1 saturated heterocycles. The van der Waals surface area contributed by atoms with Gasteiger partial charge in [0.1, 0.15) is 0 Å². The zero-order valence-corrected chi connectivity index (χ0v) is 18.2. The van der Waals surface area contributed by atoms with Crippen molar-refractivity contribution in [1.29, 1.82) is 0 Å². The minimum atomic E-state index is -3.26. The minimum absolute atomic E-state index is 0.255. The van der Waals surface area contributed by atoms with Gasteiger partial charge in [0.15, 0.2) is 6.61 Å². The molecule has 160 valence electrons. The van der Waals surface area contributed by atoms with Crippen molar-refractivity contribution in [2.45, 2.75) is 37.5 Å². The van der Waals surface area contributed by atoms with Crippen LogP contribution in [0.15, 0.2) is 24.3 Å². The zero-order valence-electron chi connectivity index (χ0n) is 16.6. The molecule has 1 heterocycles. The van der Waals surface area contributed by atoms with E-state index in [1.165, 1.54) is 4.31 Å². The number of rotatable bonds is 5. The molecule has 0 atom stereocenters. The highest BCUT2D eigenvalue weighted by atomic mass is 35.5. The predicted molar refractivity (Wildman–Crippen MR) is 110 cm³/mol. The summed E-state index contributed by atoms with van der Waals surface area (Å²) in [5, 5.41) is 0.570. The molecule has 1 saturated carbocycles. The quantitative estimate of drug-likeness (QED) is 0.652. The number of piperazine rings is 1. The van der Waals surface area contributed by atoms with Crippen molar-refractivity contribution >= 4 is 33.5 Å². The molecule has 0 spiro atoms. The maximum Gasteiger partial charge on any atom is 0.317 e. The summed E-state index contributed by atoms with van der Waals surface area (Å²) in [5.74, 6) is -0.689. The van der Waals surface area contributed by atoms with E-state index < -0.39 is 15.4 Å². The van der Waals surface area contributed by atoms with E-state index in [0.717, 1.165) is 31.1 Å². The van der Waals surface area contributed by atoms with Gasteiger partial charge in [-0.25, -0.2) is 8.42 Å². The Morgan fingerprint density at radius 1 is 1.10 bits per heavy atom. The number of halogens is 1. The lowest BCUT2D eigenvalue weighted by molar-refractivity contribution is -0.158. The second-order valence-corrected chi connectivity index (χ2v) is 10.2. The summed E-state index contributed by atoms with van der Waals surface area (Å²) in [6.07, 6.45) is 5.41. The van der Waals surface area contributed by atoms with Crippen LogP contribution in [0.1, 0.15) is 37.7 Å². The molecule has 9 heteroatoms. The normalized spacial score (nSPS) is 20.3. The molecule has 3 rings (SSSR count). The van der Waals surface area contributed by atoms with Gasteiger partial charge in [0.25, 0.3) is 5.91 Å². The van der Waals surface area contributed by atoms with Crippen molar-refractivity contribution in [3.63, 3.8) is 0 Å². The lowest BCUT2D eigenvalue weighted by Gasteiger charge is -2.36. The third kappa shape index (κ3) is 5.10. The van der Waals surface area contributed by atoms with Crippen molar-refractivity contribution in [1.82, 2.24) is 9.21 Å². The van der Waals surface area contributed by atoms with E-state index in [4.69, 9.17) is 16.3 Å². The molecule has 7 nitrogen and oxygen atoms in total. The van der Waals surface area contributed by atoms with E-state index in [1.54, 1.807) is 17.0 Å².